The monoisotopic (exact) mass is 525 g/mol. The molecular formula is C28H21ClFN7O. The van der Waals surface area contributed by atoms with Gasteiger partial charge in [0.05, 0.1) is 52.6 Å². The molecule has 188 valence electrons. The van der Waals surface area contributed by atoms with Crippen LogP contribution in [0.2, 0.25) is 5.02 Å². The van der Waals surface area contributed by atoms with Crippen molar-refractivity contribution in [1.29, 1.82) is 5.41 Å². The molecule has 38 heavy (non-hydrogen) atoms. The SMILES string of the molecule is CC(=O)Nc1ccc(Cl)cc1-c1ccc(-n2c(=N)n(Cc3cccc4[nH]ncc34)c3ccc(F)cc32)cn1. The molecule has 1 amide bonds. The van der Waals surface area contributed by atoms with E-state index in [9.17, 15) is 9.18 Å². The summed E-state index contributed by atoms with van der Waals surface area (Å²) >= 11 is 6.22. The lowest BCUT2D eigenvalue weighted by molar-refractivity contribution is -0.114. The number of fused-ring (bicyclic) bond motifs is 2. The standard InChI is InChI=1S/C28H21ClFN7O/c1-16(38)34-24-8-5-18(29)11-21(24)23-9-7-20(13-32-23)37-27-12-19(30)6-10-26(27)36(28(37)31)15-17-3-2-4-25-22(17)14-33-35-25/h2-14,31H,15H2,1H3,(H,33,35)(H,34,38). The number of nitrogens with zero attached hydrogens (tertiary/aromatic N) is 4. The van der Waals surface area contributed by atoms with E-state index in [0.29, 0.717) is 45.2 Å². The first-order chi connectivity index (χ1) is 18.4. The van der Waals surface area contributed by atoms with Gasteiger partial charge in [-0.15, -0.1) is 0 Å². The molecule has 6 rings (SSSR count). The van der Waals surface area contributed by atoms with Crippen molar-refractivity contribution in [1.82, 2.24) is 24.3 Å². The molecule has 0 atom stereocenters. The second-order valence-electron chi connectivity index (χ2n) is 8.90. The Kier molecular flexibility index (Phi) is 5.77. The molecule has 3 heterocycles. The lowest BCUT2D eigenvalue weighted by Gasteiger charge is -2.11. The van der Waals surface area contributed by atoms with Crippen molar-refractivity contribution in [2.24, 2.45) is 0 Å². The van der Waals surface area contributed by atoms with Gasteiger partial charge in [0.1, 0.15) is 5.82 Å². The summed E-state index contributed by atoms with van der Waals surface area (Å²) in [6, 6.07) is 19.1. The minimum Gasteiger partial charge on any atom is -0.326 e. The molecule has 3 aromatic heterocycles. The maximum Gasteiger partial charge on any atom is 0.221 e. The fraction of sp³-hybridized carbons (Fsp3) is 0.0714. The van der Waals surface area contributed by atoms with Gasteiger partial charge < -0.3 is 9.88 Å². The Balaban J connectivity index is 1.46. The number of hydrogen-bond donors (Lipinski definition) is 3. The number of amides is 1. The highest BCUT2D eigenvalue weighted by atomic mass is 35.5. The minimum atomic E-state index is -0.399. The predicted molar refractivity (Wildman–Crippen MR) is 145 cm³/mol. The number of carbonyl (C=O) groups excluding carboxylic acids is 1. The van der Waals surface area contributed by atoms with Gasteiger partial charge in [-0.25, -0.2) is 4.39 Å². The molecule has 3 N–H and O–H groups in total. The average molecular weight is 526 g/mol. The number of anilines is 1. The molecule has 0 aliphatic rings. The van der Waals surface area contributed by atoms with Crippen molar-refractivity contribution in [3.63, 3.8) is 0 Å². The number of imidazole rings is 1. The predicted octanol–water partition coefficient (Wildman–Crippen LogP) is 5.65. The Morgan fingerprint density at radius 3 is 2.74 bits per heavy atom. The molecular weight excluding hydrogens is 505 g/mol. The van der Waals surface area contributed by atoms with Crippen molar-refractivity contribution >= 4 is 45.1 Å². The highest BCUT2D eigenvalue weighted by Crippen LogP contribution is 2.30. The molecule has 0 saturated heterocycles. The molecule has 0 aliphatic carbocycles. The van der Waals surface area contributed by atoms with Gasteiger partial charge >= 0.3 is 0 Å². The number of H-pyrrole nitrogens is 1. The molecule has 0 aliphatic heterocycles. The highest BCUT2D eigenvalue weighted by molar-refractivity contribution is 6.31. The number of carbonyl (C=O) groups is 1. The van der Waals surface area contributed by atoms with Crippen molar-refractivity contribution < 1.29 is 9.18 Å². The fourth-order valence-electron chi connectivity index (χ4n) is 4.72. The Morgan fingerprint density at radius 2 is 1.95 bits per heavy atom. The largest absolute Gasteiger partial charge is 0.326 e. The maximum atomic E-state index is 14.4. The van der Waals surface area contributed by atoms with Crippen LogP contribution in [-0.2, 0) is 11.3 Å². The van der Waals surface area contributed by atoms with E-state index in [0.717, 1.165) is 16.5 Å². The lowest BCUT2D eigenvalue weighted by Crippen LogP contribution is -2.24. The van der Waals surface area contributed by atoms with Crippen LogP contribution in [0.3, 0.4) is 0 Å². The first-order valence-corrected chi connectivity index (χ1v) is 12.2. The van der Waals surface area contributed by atoms with E-state index < -0.39 is 5.82 Å². The van der Waals surface area contributed by atoms with Crippen LogP contribution in [0, 0.1) is 11.2 Å². The minimum absolute atomic E-state index is 0.169. The van der Waals surface area contributed by atoms with Crippen molar-refractivity contribution in [2.45, 2.75) is 13.5 Å². The molecule has 6 aromatic rings. The van der Waals surface area contributed by atoms with E-state index >= 15 is 0 Å². The van der Waals surface area contributed by atoms with Gasteiger partial charge in [-0.05, 0) is 54.1 Å². The number of rotatable bonds is 5. The molecule has 3 aromatic carbocycles. The third-order valence-electron chi connectivity index (χ3n) is 6.41. The van der Waals surface area contributed by atoms with Crippen LogP contribution in [0.4, 0.5) is 10.1 Å². The third-order valence-corrected chi connectivity index (χ3v) is 6.65. The number of halogens is 2. The lowest BCUT2D eigenvalue weighted by atomic mass is 10.1. The van der Waals surface area contributed by atoms with Gasteiger partial charge in [0.25, 0.3) is 0 Å². The first-order valence-electron chi connectivity index (χ1n) is 11.8. The van der Waals surface area contributed by atoms with Crippen LogP contribution >= 0.6 is 11.6 Å². The normalized spacial score (nSPS) is 11.3. The highest BCUT2D eigenvalue weighted by Gasteiger charge is 2.16. The first kappa shape index (κ1) is 23.6. The maximum absolute atomic E-state index is 14.4. The van der Waals surface area contributed by atoms with Crippen molar-refractivity contribution in [3.8, 4) is 16.9 Å². The van der Waals surface area contributed by atoms with Gasteiger partial charge in [-0.2, -0.15) is 5.10 Å². The van der Waals surface area contributed by atoms with Gasteiger partial charge in [-0.1, -0.05) is 23.7 Å². The van der Waals surface area contributed by atoms with Gasteiger partial charge in [-0.3, -0.25) is 24.9 Å². The van der Waals surface area contributed by atoms with Crippen LogP contribution in [0.5, 0.6) is 0 Å². The molecule has 0 radical (unpaired) electrons. The molecule has 8 nitrogen and oxygen atoms in total. The molecule has 0 bridgehead atoms. The smallest absolute Gasteiger partial charge is 0.221 e. The number of hydrogen-bond acceptors (Lipinski definition) is 4. The van der Waals surface area contributed by atoms with E-state index in [1.54, 1.807) is 47.3 Å². The van der Waals surface area contributed by atoms with E-state index in [4.69, 9.17) is 17.0 Å². The number of aromatic amines is 1. The zero-order valence-corrected chi connectivity index (χ0v) is 20.9. The molecule has 0 spiro atoms. The van der Waals surface area contributed by atoms with Crippen molar-refractivity contribution in [3.05, 3.63) is 101 Å². The summed E-state index contributed by atoms with van der Waals surface area (Å²) < 4.78 is 17.9. The van der Waals surface area contributed by atoms with Gasteiger partial charge in [0.2, 0.25) is 11.5 Å². The molecule has 10 heteroatoms. The van der Waals surface area contributed by atoms with Crippen LogP contribution < -0.4 is 10.9 Å². The summed E-state index contributed by atoms with van der Waals surface area (Å²) in [6.07, 6.45) is 3.39. The van der Waals surface area contributed by atoms with Crippen LogP contribution in [0.1, 0.15) is 12.5 Å². The van der Waals surface area contributed by atoms with Gasteiger partial charge in [0.15, 0.2) is 0 Å². The van der Waals surface area contributed by atoms with E-state index in [1.165, 1.54) is 19.1 Å². The zero-order chi connectivity index (χ0) is 26.4. The van der Waals surface area contributed by atoms with Crippen molar-refractivity contribution in [2.75, 3.05) is 5.32 Å². The Hall–Kier alpha value is -4.76. The fourth-order valence-corrected chi connectivity index (χ4v) is 4.89. The molecule has 0 unspecified atom stereocenters. The van der Waals surface area contributed by atoms with E-state index in [-0.39, 0.29) is 11.5 Å². The van der Waals surface area contributed by atoms with Crippen LogP contribution in [0.25, 0.3) is 38.9 Å². The second kappa shape index (κ2) is 9.28. The average Bonchev–Trinajstić information content (AvgIpc) is 3.48. The molecule has 0 fully saturated rings. The Labute approximate surface area is 220 Å². The summed E-state index contributed by atoms with van der Waals surface area (Å²) in [6.45, 7) is 1.84. The number of aromatic nitrogens is 5. The van der Waals surface area contributed by atoms with E-state index in [1.807, 2.05) is 28.8 Å². The van der Waals surface area contributed by atoms with E-state index in [2.05, 4.69) is 20.5 Å². The summed E-state index contributed by atoms with van der Waals surface area (Å²) in [7, 11) is 0. The topological polar surface area (TPSA) is 104 Å². The zero-order valence-electron chi connectivity index (χ0n) is 20.2. The van der Waals surface area contributed by atoms with Crippen LogP contribution in [-0.4, -0.2) is 30.2 Å². The summed E-state index contributed by atoms with van der Waals surface area (Å²) in [5.41, 5.74) is 5.75. The molecule has 0 saturated carbocycles. The van der Waals surface area contributed by atoms with Crippen LogP contribution in [0.15, 0.2) is 79.1 Å². The quantitative estimate of drug-likeness (QED) is 0.271. The number of pyridine rings is 1. The summed E-state index contributed by atoms with van der Waals surface area (Å²) in [5, 5.41) is 20.4. The third kappa shape index (κ3) is 4.12. The second-order valence-corrected chi connectivity index (χ2v) is 9.34. The summed E-state index contributed by atoms with van der Waals surface area (Å²) in [4.78, 5) is 16.3. The Bertz CT molecular complexity index is 1900. The summed E-state index contributed by atoms with van der Waals surface area (Å²) in [5.74, 6) is -0.607. The number of benzene rings is 3. The van der Waals surface area contributed by atoms with Gasteiger partial charge in [0, 0.05) is 29.0 Å². The Morgan fingerprint density at radius 1 is 1.08 bits per heavy atom. The number of nitrogens with one attached hydrogen (secondary N) is 3.